The minimum atomic E-state index is 0.628. The number of aromatic nitrogens is 1. The third-order valence-corrected chi connectivity index (χ3v) is 5.36. The van der Waals surface area contributed by atoms with Gasteiger partial charge >= 0.3 is 0 Å². The van der Waals surface area contributed by atoms with Crippen molar-refractivity contribution < 1.29 is 0 Å². The molecular weight excluding hydrogens is 242 g/mol. The average Bonchev–Trinajstić information content (AvgIpc) is 2.76. The summed E-state index contributed by atoms with van der Waals surface area (Å²) in [4.78, 5) is 7.43. The predicted octanol–water partition coefficient (Wildman–Crippen LogP) is 2.25. The molecule has 18 heavy (non-hydrogen) atoms. The molecular formula is C14H23N3S. The van der Waals surface area contributed by atoms with Gasteiger partial charge in [-0.15, -0.1) is 11.3 Å². The quantitative estimate of drug-likeness (QED) is 0.905. The Kier molecular flexibility index (Phi) is 3.97. The highest BCUT2D eigenvalue weighted by molar-refractivity contribution is 7.09. The summed E-state index contributed by atoms with van der Waals surface area (Å²) in [6, 6.07) is 0.628. The van der Waals surface area contributed by atoms with Crippen LogP contribution in [-0.4, -0.2) is 42.1 Å². The molecule has 0 bridgehead atoms. The van der Waals surface area contributed by atoms with Crippen molar-refractivity contribution in [1.82, 2.24) is 15.2 Å². The van der Waals surface area contributed by atoms with Gasteiger partial charge in [0.1, 0.15) is 0 Å². The van der Waals surface area contributed by atoms with Crippen LogP contribution in [0.15, 0.2) is 5.38 Å². The SMILES string of the molecule is CC(Cc1csc(C2CCC2)n1)N1CCNCC1. The van der Waals surface area contributed by atoms with Gasteiger partial charge in [-0.2, -0.15) is 0 Å². The molecule has 1 atom stereocenters. The lowest BCUT2D eigenvalue weighted by Crippen LogP contribution is -2.48. The molecule has 1 N–H and O–H groups in total. The third-order valence-electron chi connectivity index (χ3n) is 4.30. The van der Waals surface area contributed by atoms with Gasteiger partial charge in [-0.3, -0.25) is 4.90 Å². The van der Waals surface area contributed by atoms with E-state index in [-0.39, 0.29) is 0 Å². The Hall–Kier alpha value is -0.450. The Morgan fingerprint density at radius 2 is 2.22 bits per heavy atom. The first-order chi connectivity index (χ1) is 8.83. The Labute approximate surface area is 114 Å². The fourth-order valence-corrected chi connectivity index (χ4v) is 3.82. The summed E-state index contributed by atoms with van der Waals surface area (Å²) < 4.78 is 0. The number of piperazine rings is 1. The minimum absolute atomic E-state index is 0.628. The second-order valence-electron chi connectivity index (χ2n) is 5.64. The maximum absolute atomic E-state index is 4.84. The van der Waals surface area contributed by atoms with Crippen LogP contribution >= 0.6 is 11.3 Å². The van der Waals surface area contributed by atoms with E-state index in [0.717, 1.165) is 25.4 Å². The Morgan fingerprint density at radius 3 is 2.89 bits per heavy atom. The fourth-order valence-electron chi connectivity index (χ4n) is 2.81. The van der Waals surface area contributed by atoms with Gasteiger partial charge in [0.15, 0.2) is 0 Å². The van der Waals surface area contributed by atoms with Crippen molar-refractivity contribution in [2.45, 2.75) is 44.6 Å². The van der Waals surface area contributed by atoms with Crippen molar-refractivity contribution in [3.63, 3.8) is 0 Å². The van der Waals surface area contributed by atoms with E-state index in [1.54, 1.807) is 0 Å². The zero-order valence-corrected chi connectivity index (χ0v) is 12.0. The molecule has 2 heterocycles. The number of rotatable bonds is 4. The van der Waals surface area contributed by atoms with Gasteiger partial charge in [-0.05, 0) is 19.8 Å². The lowest BCUT2D eigenvalue weighted by Gasteiger charge is -2.32. The summed E-state index contributed by atoms with van der Waals surface area (Å²) in [7, 11) is 0. The first-order valence-electron chi connectivity index (χ1n) is 7.22. The fraction of sp³-hybridized carbons (Fsp3) is 0.786. The van der Waals surface area contributed by atoms with Gasteiger partial charge in [-0.25, -0.2) is 4.98 Å². The number of nitrogens with one attached hydrogen (secondary N) is 1. The molecule has 1 unspecified atom stereocenters. The smallest absolute Gasteiger partial charge is 0.0959 e. The first-order valence-corrected chi connectivity index (χ1v) is 8.10. The summed E-state index contributed by atoms with van der Waals surface area (Å²) in [6.07, 6.45) is 5.24. The number of nitrogens with zero attached hydrogens (tertiary/aromatic N) is 2. The second-order valence-corrected chi connectivity index (χ2v) is 6.53. The summed E-state index contributed by atoms with van der Waals surface area (Å²) in [5.41, 5.74) is 1.31. The molecule has 3 nitrogen and oxygen atoms in total. The molecule has 100 valence electrons. The van der Waals surface area contributed by atoms with E-state index in [4.69, 9.17) is 4.98 Å². The highest BCUT2D eigenvalue weighted by Crippen LogP contribution is 2.37. The standard InChI is InChI=1S/C14H23N3S/c1-11(17-7-5-15-6-8-17)9-13-10-18-14(16-13)12-3-2-4-12/h10-12,15H,2-9H2,1H3. The van der Waals surface area contributed by atoms with Crippen LogP contribution in [0.2, 0.25) is 0 Å². The first kappa shape index (κ1) is 12.6. The van der Waals surface area contributed by atoms with E-state index in [1.165, 1.54) is 43.1 Å². The largest absolute Gasteiger partial charge is 0.314 e. The highest BCUT2D eigenvalue weighted by atomic mass is 32.1. The predicted molar refractivity (Wildman–Crippen MR) is 76.3 cm³/mol. The molecule has 2 fully saturated rings. The molecule has 0 aromatic carbocycles. The van der Waals surface area contributed by atoms with Gasteiger partial charge in [0, 0.05) is 49.9 Å². The zero-order valence-electron chi connectivity index (χ0n) is 11.2. The maximum atomic E-state index is 4.84. The number of thiazole rings is 1. The van der Waals surface area contributed by atoms with Crippen LogP contribution in [0, 0.1) is 0 Å². The van der Waals surface area contributed by atoms with E-state index in [1.807, 2.05) is 11.3 Å². The normalized spacial score (nSPS) is 23.8. The van der Waals surface area contributed by atoms with E-state index in [9.17, 15) is 0 Å². The van der Waals surface area contributed by atoms with E-state index in [0.29, 0.717) is 6.04 Å². The molecule has 1 aliphatic carbocycles. The number of hydrogen-bond donors (Lipinski definition) is 1. The molecule has 1 saturated heterocycles. The monoisotopic (exact) mass is 265 g/mol. The third kappa shape index (κ3) is 2.76. The van der Waals surface area contributed by atoms with Crippen LogP contribution in [0.3, 0.4) is 0 Å². The van der Waals surface area contributed by atoms with Crippen LogP contribution in [0.1, 0.15) is 42.8 Å². The number of hydrogen-bond acceptors (Lipinski definition) is 4. The van der Waals surface area contributed by atoms with Crippen molar-refractivity contribution in [2.75, 3.05) is 26.2 Å². The van der Waals surface area contributed by atoms with Crippen molar-refractivity contribution >= 4 is 11.3 Å². The summed E-state index contributed by atoms with van der Waals surface area (Å²) >= 11 is 1.88. The molecule has 0 amide bonds. The Balaban J connectivity index is 1.55. The minimum Gasteiger partial charge on any atom is -0.314 e. The molecule has 1 aliphatic heterocycles. The lowest BCUT2D eigenvalue weighted by molar-refractivity contribution is 0.182. The summed E-state index contributed by atoms with van der Waals surface area (Å²) in [5, 5.41) is 7.09. The van der Waals surface area contributed by atoms with E-state index < -0.39 is 0 Å². The lowest BCUT2D eigenvalue weighted by atomic mass is 9.86. The van der Waals surface area contributed by atoms with Crippen LogP contribution in [0.5, 0.6) is 0 Å². The van der Waals surface area contributed by atoms with Crippen molar-refractivity contribution in [3.05, 3.63) is 16.1 Å². The molecule has 1 saturated carbocycles. The molecule has 3 rings (SSSR count). The Bertz CT molecular complexity index is 380. The molecule has 0 spiro atoms. The summed E-state index contributed by atoms with van der Waals surface area (Å²) in [5.74, 6) is 0.790. The van der Waals surface area contributed by atoms with Gasteiger partial charge in [-0.1, -0.05) is 6.42 Å². The Morgan fingerprint density at radius 1 is 1.44 bits per heavy atom. The maximum Gasteiger partial charge on any atom is 0.0959 e. The topological polar surface area (TPSA) is 28.2 Å². The zero-order chi connectivity index (χ0) is 12.4. The van der Waals surface area contributed by atoms with Crippen molar-refractivity contribution in [3.8, 4) is 0 Å². The van der Waals surface area contributed by atoms with Crippen LogP contribution < -0.4 is 5.32 Å². The second kappa shape index (κ2) is 5.68. The van der Waals surface area contributed by atoms with Crippen molar-refractivity contribution in [1.29, 1.82) is 0 Å². The van der Waals surface area contributed by atoms with Gasteiger partial charge in [0.2, 0.25) is 0 Å². The van der Waals surface area contributed by atoms with Crippen molar-refractivity contribution in [2.24, 2.45) is 0 Å². The van der Waals surface area contributed by atoms with Gasteiger partial charge in [0.05, 0.1) is 10.7 Å². The van der Waals surface area contributed by atoms with Crippen LogP contribution in [0.25, 0.3) is 0 Å². The van der Waals surface area contributed by atoms with Crippen LogP contribution in [-0.2, 0) is 6.42 Å². The van der Waals surface area contributed by atoms with E-state index in [2.05, 4.69) is 22.5 Å². The molecule has 2 aliphatic rings. The van der Waals surface area contributed by atoms with E-state index >= 15 is 0 Å². The average molecular weight is 265 g/mol. The molecule has 1 aromatic rings. The summed E-state index contributed by atoms with van der Waals surface area (Å²) in [6.45, 7) is 6.97. The van der Waals surface area contributed by atoms with Crippen LogP contribution in [0.4, 0.5) is 0 Å². The molecule has 0 radical (unpaired) electrons. The van der Waals surface area contributed by atoms with Gasteiger partial charge < -0.3 is 5.32 Å². The molecule has 1 aromatic heterocycles. The highest BCUT2D eigenvalue weighted by Gasteiger charge is 2.23. The van der Waals surface area contributed by atoms with Gasteiger partial charge in [0.25, 0.3) is 0 Å². The molecule has 4 heteroatoms.